The number of amides is 1. The van der Waals surface area contributed by atoms with Gasteiger partial charge in [-0.2, -0.15) is 5.26 Å². The highest BCUT2D eigenvalue weighted by atomic mass is 32.1. The zero-order valence-corrected chi connectivity index (χ0v) is 12.5. The van der Waals surface area contributed by atoms with Crippen LogP contribution in [0.15, 0.2) is 0 Å². The molecule has 2 atom stereocenters. The van der Waals surface area contributed by atoms with Crippen molar-refractivity contribution in [3.8, 4) is 6.07 Å². The molecule has 2 heterocycles. The molecule has 0 aromatic carbocycles. The number of hydrogen-bond acceptors (Lipinski definition) is 4. The van der Waals surface area contributed by atoms with Gasteiger partial charge in [-0.25, -0.2) is 0 Å². The lowest BCUT2D eigenvalue weighted by Gasteiger charge is -2.14. The van der Waals surface area contributed by atoms with Crippen LogP contribution in [0.2, 0.25) is 0 Å². The van der Waals surface area contributed by atoms with Crippen LogP contribution in [0.3, 0.4) is 0 Å². The molecule has 1 aromatic rings. The number of thiophene rings is 1. The molecule has 1 aliphatic heterocycles. The van der Waals surface area contributed by atoms with Crippen LogP contribution in [0, 0.1) is 23.2 Å². The third-order valence-corrected chi connectivity index (χ3v) is 5.62. The zero-order chi connectivity index (χ0) is 14.1. The normalized spacial score (nSPS) is 25.0. The average molecular weight is 289 g/mol. The summed E-state index contributed by atoms with van der Waals surface area (Å²) in [5, 5.41) is 16.5. The monoisotopic (exact) mass is 289 g/mol. The molecule has 0 bridgehead atoms. The number of nitrogens with zero attached hydrogens (tertiary/aromatic N) is 1. The molecule has 20 heavy (non-hydrogen) atoms. The molecule has 5 heteroatoms. The highest BCUT2D eigenvalue weighted by Crippen LogP contribution is 2.37. The quantitative estimate of drug-likeness (QED) is 0.879. The van der Waals surface area contributed by atoms with Crippen molar-refractivity contribution in [2.24, 2.45) is 11.8 Å². The third-order valence-electron chi connectivity index (χ3n) is 4.47. The number of carbonyl (C=O) groups excluding carboxylic acids is 1. The summed E-state index contributed by atoms with van der Waals surface area (Å²) < 4.78 is 0. The SMILES string of the molecule is CC1CCCC1C(=O)Nc1sc2c(c1C#N)CCNC2. The van der Waals surface area contributed by atoms with E-state index in [0.29, 0.717) is 11.5 Å². The van der Waals surface area contributed by atoms with Crippen molar-refractivity contribution in [2.45, 2.75) is 39.2 Å². The van der Waals surface area contributed by atoms with E-state index in [1.165, 1.54) is 4.88 Å². The molecule has 2 aliphatic rings. The molecule has 1 aromatic heterocycles. The molecule has 3 rings (SSSR count). The van der Waals surface area contributed by atoms with Crippen molar-refractivity contribution < 1.29 is 4.79 Å². The van der Waals surface area contributed by atoms with E-state index < -0.39 is 0 Å². The summed E-state index contributed by atoms with van der Waals surface area (Å²) in [7, 11) is 0. The van der Waals surface area contributed by atoms with Crippen LogP contribution in [0.4, 0.5) is 5.00 Å². The minimum atomic E-state index is 0.0954. The summed E-state index contributed by atoms with van der Waals surface area (Å²) in [5.41, 5.74) is 1.82. The second-order valence-electron chi connectivity index (χ2n) is 5.75. The smallest absolute Gasteiger partial charge is 0.228 e. The van der Waals surface area contributed by atoms with Crippen LogP contribution < -0.4 is 10.6 Å². The van der Waals surface area contributed by atoms with Gasteiger partial charge in [-0.05, 0) is 37.3 Å². The molecule has 0 spiro atoms. The Morgan fingerprint density at radius 3 is 3.05 bits per heavy atom. The van der Waals surface area contributed by atoms with Gasteiger partial charge in [0.15, 0.2) is 0 Å². The number of carbonyl (C=O) groups is 1. The summed E-state index contributed by atoms with van der Waals surface area (Å²) in [6.07, 6.45) is 4.12. The number of hydrogen-bond donors (Lipinski definition) is 2. The van der Waals surface area contributed by atoms with Gasteiger partial charge in [0.1, 0.15) is 11.1 Å². The Bertz CT molecular complexity index is 572. The Hall–Kier alpha value is -1.38. The lowest BCUT2D eigenvalue weighted by atomic mass is 9.97. The topological polar surface area (TPSA) is 64.9 Å². The predicted molar refractivity (Wildman–Crippen MR) is 79.6 cm³/mol. The summed E-state index contributed by atoms with van der Waals surface area (Å²) >= 11 is 1.56. The molecule has 1 saturated carbocycles. The molecular weight excluding hydrogens is 270 g/mol. The molecule has 106 valence electrons. The van der Waals surface area contributed by atoms with Gasteiger partial charge in [-0.1, -0.05) is 13.3 Å². The number of rotatable bonds is 2. The largest absolute Gasteiger partial charge is 0.316 e. The molecule has 2 N–H and O–H groups in total. The van der Waals surface area contributed by atoms with Crippen LogP contribution >= 0.6 is 11.3 Å². The van der Waals surface area contributed by atoms with E-state index in [1.807, 2.05) is 0 Å². The third kappa shape index (κ3) is 2.34. The number of anilines is 1. The molecule has 1 amide bonds. The molecule has 2 unspecified atom stereocenters. The maximum Gasteiger partial charge on any atom is 0.228 e. The minimum Gasteiger partial charge on any atom is -0.316 e. The fourth-order valence-corrected chi connectivity index (χ4v) is 4.45. The van der Waals surface area contributed by atoms with E-state index in [9.17, 15) is 10.1 Å². The van der Waals surface area contributed by atoms with Gasteiger partial charge in [0.05, 0.1) is 5.56 Å². The Balaban J connectivity index is 1.82. The van der Waals surface area contributed by atoms with E-state index in [-0.39, 0.29) is 11.8 Å². The lowest BCUT2D eigenvalue weighted by Crippen LogP contribution is -2.24. The second-order valence-corrected chi connectivity index (χ2v) is 6.86. The summed E-state index contributed by atoms with van der Waals surface area (Å²) in [6, 6.07) is 2.28. The van der Waals surface area contributed by atoms with Crippen LogP contribution in [-0.4, -0.2) is 12.5 Å². The van der Waals surface area contributed by atoms with Crippen LogP contribution in [-0.2, 0) is 17.8 Å². The summed E-state index contributed by atoms with van der Waals surface area (Å²) in [6.45, 7) is 3.86. The second kappa shape index (κ2) is 5.55. The standard InChI is InChI=1S/C15H19N3OS/c1-9-3-2-4-10(9)14(19)18-15-12(7-16)11-5-6-17-8-13(11)20-15/h9-10,17H,2-6,8H2,1H3,(H,18,19). The van der Waals surface area contributed by atoms with E-state index in [4.69, 9.17) is 0 Å². The first-order valence-corrected chi connectivity index (χ1v) is 8.08. The number of fused-ring (bicyclic) bond motifs is 1. The highest BCUT2D eigenvalue weighted by Gasteiger charge is 2.31. The average Bonchev–Trinajstić information content (AvgIpc) is 3.01. The maximum absolute atomic E-state index is 12.4. The van der Waals surface area contributed by atoms with Crippen molar-refractivity contribution in [1.29, 1.82) is 5.26 Å². The van der Waals surface area contributed by atoms with Crippen LogP contribution in [0.25, 0.3) is 0 Å². The fraction of sp³-hybridized carbons (Fsp3) is 0.600. The van der Waals surface area contributed by atoms with E-state index in [2.05, 4.69) is 23.6 Å². The Morgan fingerprint density at radius 1 is 1.50 bits per heavy atom. The van der Waals surface area contributed by atoms with E-state index in [1.54, 1.807) is 11.3 Å². The first-order valence-electron chi connectivity index (χ1n) is 7.27. The Labute approximate surface area is 123 Å². The van der Waals surface area contributed by atoms with Crippen molar-refractivity contribution in [1.82, 2.24) is 5.32 Å². The Morgan fingerprint density at radius 2 is 2.35 bits per heavy atom. The van der Waals surface area contributed by atoms with Crippen LogP contribution in [0.1, 0.15) is 42.2 Å². The van der Waals surface area contributed by atoms with Crippen LogP contribution in [0.5, 0.6) is 0 Å². The van der Waals surface area contributed by atoms with Crippen molar-refractivity contribution in [2.75, 3.05) is 11.9 Å². The highest BCUT2D eigenvalue weighted by molar-refractivity contribution is 7.16. The van der Waals surface area contributed by atoms with Gasteiger partial charge < -0.3 is 10.6 Å². The van der Waals surface area contributed by atoms with Crippen molar-refractivity contribution >= 4 is 22.2 Å². The predicted octanol–water partition coefficient (Wildman–Crippen LogP) is 2.64. The first-order chi connectivity index (χ1) is 9.70. The first kappa shape index (κ1) is 13.6. The Kier molecular flexibility index (Phi) is 3.77. The van der Waals surface area contributed by atoms with Gasteiger partial charge in [0.2, 0.25) is 5.91 Å². The molecule has 1 fully saturated rings. The molecule has 0 saturated heterocycles. The number of nitrogens with one attached hydrogen (secondary N) is 2. The number of nitriles is 1. The summed E-state index contributed by atoms with van der Waals surface area (Å²) in [4.78, 5) is 13.6. The molecule has 0 radical (unpaired) electrons. The van der Waals surface area contributed by atoms with E-state index in [0.717, 1.165) is 49.3 Å². The fourth-order valence-electron chi connectivity index (χ4n) is 3.28. The molecule has 4 nitrogen and oxygen atoms in total. The van der Waals surface area contributed by atoms with Gasteiger partial charge in [0, 0.05) is 17.3 Å². The van der Waals surface area contributed by atoms with Gasteiger partial charge in [-0.15, -0.1) is 11.3 Å². The minimum absolute atomic E-state index is 0.0954. The molecular formula is C15H19N3OS. The summed E-state index contributed by atoms with van der Waals surface area (Å²) in [5.74, 6) is 0.661. The van der Waals surface area contributed by atoms with Gasteiger partial charge in [-0.3, -0.25) is 4.79 Å². The maximum atomic E-state index is 12.4. The molecule has 1 aliphatic carbocycles. The van der Waals surface area contributed by atoms with Crippen molar-refractivity contribution in [3.05, 3.63) is 16.0 Å². The van der Waals surface area contributed by atoms with Gasteiger partial charge >= 0.3 is 0 Å². The van der Waals surface area contributed by atoms with Crippen molar-refractivity contribution in [3.63, 3.8) is 0 Å². The van der Waals surface area contributed by atoms with Gasteiger partial charge in [0.25, 0.3) is 0 Å². The lowest BCUT2D eigenvalue weighted by molar-refractivity contribution is -0.120. The van der Waals surface area contributed by atoms with E-state index >= 15 is 0 Å². The zero-order valence-electron chi connectivity index (χ0n) is 11.7.